The highest BCUT2D eigenvalue weighted by Crippen LogP contribution is 2.32. The number of rotatable bonds is 5. The van der Waals surface area contributed by atoms with Crippen LogP contribution in [0.4, 0.5) is 16.0 Å². The predicted octanol–water partition coefficient (Wildman–Crippen LogP) is 3.56. The Labute approximate surface area is 166 Å². The molecule has 8 heteroatoms. The summed E-state index contributed by atoms with van der Waals surface area (Å²) in [6, 6.07) is 12.9. The molecule has 0 spiro atoms. The minimum Gasteiger partial charge on any atom is -0.486 e. The van der Waals surface area contributed by atoms with Crippen LogP contribution in [0.25, 0.3) is 0 Å². The van der Waals surface area contributed by atoms with E-state index < -0.39 is 0 Å². The number of anilines is 2. The zero-order valence-corrected chi connectivity index (χ0v) is 15.7. The molecule has 7 nitrogen and oxygen atoms in total. The molecule has 0 unspecified atom stereocenters. The molecule has 2 aromatic carbocycles. The summed E-state index contributed by atoms with van der Waals surface area (Å²) >= 11 is 0. The molecule has 0 radical (unpaired) electrons. The van der Waals surface area contributed by atoms with E-state index in [0.717, 1.165) is 5.56 Å². The fraction of sp³-hybridized carbons (Fsp3) is 0.190. The molecule has 0 saturated carbocycles. The first-order valence-electron chi connectivity index (χ1n) is 9.12. The van der Waals surface area contributed by atoms with Gasteiger partial charge in [0.05, 0.1) is 0 Å². The molecule has 0 aliphatic carbocycles. The average molecular weight is 394 g/mol. The number of carbonyl (C=O) groups excluding carboxylic acids is 1. The fourth-order valence-electron chi connectivity index (χ4n) is 2.86. The predicted molar refractivity (Wildman–Crippen MR) is 106 cm³/mol. The van der Waals surface area contributed by atoms with Crippen molar-refractivity contribution in [3.8, 4) is 11.5 Å². The lowest BCUT2D eigenvalue weighted by atomic mass is 10.2. The summed E-state index contributed by atoms with van der Waals surface area (Å²) in [6.45, 7) is 3.17. The second-order valence-corrected chi connectivity index (χ2v) is 6.51. The zero-order chi connectivity index (χ0) is 20.2. The summed E-state index contributed by atoms with van der Waals surface area (Å²) < 4.78 is 24.0. The smallest absolute Gasteiger partial charge is 0.274 e. The minimum absolute atomic E-state index is 0.231. The number of ether oxygens (including phenoxy) is 2. The summed E-state index contributed by atoms with van der Waals surface area (Å²) in [6.07, 6.45) is 0. The molecule has 3 aromatic rings. The molecule has 0 bridgehead atoms. The van der Waals surface area contributed by atoms with Crippen LogP contribution in [-0.4, -0.2) is 29.1 Å². The minimum atomic E-state index is -0.364. The first kappa shape index (κ1) is 18.7. The average Bonchev–Trinajstić information content (AvgIpc) is 2.73. The quantitative estimate of drug-likeness (QED) is 0.688. The van der Waals surface area contributed by atoms with Crippen molar-refractivity contribution in [2.75, 3.05) is 23.8 Å². The molecule has 0 fully saturated rings. The van der Waals surface area contributed by atoms with Crippen LogP contribution in [-0.2, 0) is 6.54 Å². The standard InChI is InChI=1S/C21H19FN4O3/c1-13-10-17(26-21(24-13)23-12-14-2-4-15(22)5-3-14)20(27)25-16-6-7-18-19(11-16)29-9-8-28-18/h2-7,10-11H,8-9,12H2,1H3,(H,25,27)(H,23,24,26). The van der Waals surface area contributed by atoms with E-state index in [1.54, 1.807) is 43.3 Å². The van der Waals surface area contributed by atoms with Crippen LogP contribution in [0.1, 0.15) is 21.7 Å². The van der Waals surface area contributed by atoms with Crippen LogP contribution in [0.15, 0.2) is 48.5 Å². The number of hydrogen-bond acceptors (Lipinski definition) is 6. The van der Waals surface area contributed by atoms with Gasteiger partial charge < -0.3 is 20.1 Å². The SMILES string of the molecule is Cc1cc(C(=O)Nc2ccc3c(c2)OCCO3)nc(NCc2ccc(F)cc2)n1. The van der Waals surface area contributed by atoms with E-state index in [1.165, 1.54) is 12.1 Å². The van der Waals surface area contributed by atoms with Crippen molar-refractivity contribution in [2.24, 2.45) is 0 Å². The van der Waals surface area contributed by atoms with E-state index in [1.807, 2.05) is 0 Å². The molecule has 148 valence electrons. The second kappa shape index (κ2) is 8.14. The Morgan fingerprint density at radius 3 is 2.59 bits per heavy atom. The van der Waals surface area contributed by atoms with E-state index in [-0.39, 0.29) is 17.4 Å². The monoisotopic (exact) mass is 394 g/mol. The Hall–Kier alpha value is -3.68. The Bertz CT molecular complexity index is 1040. The van der Waals surface area contributed by atoms with Crippen molar-refractivity contribution in [3.05, 3.63) is 71.3 Å². The van der Waals surface area contributed by atoms with Gasteiger partial charge in [0.2, 0.25) is 5.95 Å². The Morgan fingerprint density at radius 2 is 1.79 bits per heavy atom. The summed E-state index contributed by atoms with van der Waals surface area (Å²) in [5.74, 6) is 0.909. The maximum atomic E-state index is 13.0. The van der Waals surface area contributed by atoms with Crippen molar-refractivity contribution < 1.29 is 18.7 Å². The fourth-order valence-corrected chi connectivity index (χ4v) is 2.86. The zero-order valence-electron chi connectivity index (χ0n) is 15.7. The largest absolute Gasteiger partial charge is 0.486 e. The lowest BCUT2D eigenvalue weighted by Gasteiger charge is -2.19. The third kappa shape index (κ3) is 4.60. The van der Waals surface area contributed by atoms with Crippen LogP contribution in [0, 0.1) is 12.7 Å². The maximum absolute atomic E-state index is 13.0. The van der Waals surface area contributed by atoms with Crippen molar-refractivity contribution in [1.82, 2.24) is 9.97 Å². The summed E-state index contributed by atoms with van der Waals surface area (Å²) in [4.78, 5) is 21.2. The summed E-state index contributed by atoms with van der Waals surface area (Å²) in [7, 11) is 0. The van der Waals surface area contributed by atoms with Crippen LogP contribution >= 0.6 is 0 Å². The van der Waals surface area contributed by atoms with E-state index in [2.05, 4.69) is 20.6 Å². The molecule has 29 heavy (non-hydrogen) atoms. The Morgan fingerprint density at radius 1 is 1.03 bits per heavy atom. The third-order valence-corrected chi connectivity index (χ3v) is 4.25. The number of fused-ring (bicyclic) bond motifs is 1. The van der Waals surface area contributed by atoms with Crippen LogP contribution in [0.3, 0.4) is 0 Å². The molecule has 0 atom stereocenters. The molecule has 1 aromatic heterocycles. The first-order chi connectivity index (χ1) is 14.1. The molecule has 4 rings (SSSR count). The molecule has 1 aliphatic rings. The summed E-state index contributed by atoms with van der Waals surface area (Å²) in [5, 5.41) is 5.87. The van der Waals surface area contributed by atoms with Gasteiger partial charge in [-0.3, -0.25) is 4.79 Å². The highest BCUT2D eigenvalue weighted by molar-refractivity contribution is 6.03. The van der Waals surface area contributed by atoms with Crippen LogP contribution in [0.5, 0.6) is 11.5 Å². The topological polar surface area (TPSA) is 85.4 Å². The lowest BCUT2D eigenvalue weighted by molar-refractivity contribution is 0.102. The third-order valence-electron chi connectivity index (χ3n) is 4.25. The number of benzene rings is 2. The molecule has 1 amide bonds. The highest BCUT2D eigenvalue weighted by atomic mass is 19.1. The number of halogens is 1. The number of nitrogens with one attached hydrogen (secondary N) is 2. The molecule has 1 aliphatic heterocycles. The van der Waals surface area contributed by atoms with Crippen molar-refractivity contribution in [2.45, 2.75) is 13.5 Å². The molecule has 2 heterocycles. The first-order valence-corrected chi connectivity index (χ1v) is 9.12. The van der Waals surface area contributed by atoms with Gasteiger partial charge in [-0.1, -0.05) is 12.1 Å². The maximum Gasteiger partial charge on any atom is 0.274 e. The van der Waals surface area contributed by atoms with Gasteiger partial charge in [-0.15, -0.1) is 0 Å². The van der Waals surface area contributed by atoms with Gasteiger partial charge in [-0.2, -0.15) is 0 Å². The molecular weight excluding hydrogens is 375 g/mol. The van der Waals surface area contributed by atoms with Gasteiger partial charge in [-0.05, 0) is 42.8 Å². The second-order valence-electron chi connectivity index (χ2n) is 6.51. The Kier molecular flexibility index (Phi) is 5.24. The van der Waals surface area contributed by atoms with Gasteiger partial charge in [0.25, 0.3) is 5.91 Å². The number of carbonyl (C=O) groups is 1. The normalized spacial score (nSPS) is 12.3. The van der Waals surface area contributed by atoms with E-state index >= 15 is 0 Å². The summed E-state index contributed by atoms with van der Waals surface area (Å²) in [5.41, 5.74) is 2.33. The number of hydrogen-bond donors (Lipinski definition) is 2. The van der Waals surface area contributed by atoms with Crippen molar-refractivity contribution in [3.63, 3.8) is 0 Å². The van der Waals surface area contributed by atoms with Gasteiger partial charge in [0.15, 0.2) is 11.5 Å². The number of amides is 1. The molecule has 2 N–H and O–H groups in total. The van der Waals surface area contributed by atoms with Crippen LogP contribution < -0.4 is 20.1 Å². The number of nitrogens with zero attached hydrogens (tertiary/aromatic N) is 2. The van der Waals surface area contributed by atoms with Gasteiger partial charge in [-0.25, -0.2) is 14.4 Å². The Balaban J connectivity index is 1.46. The number of aromatic nitrogens is 2. The molecule has 0 saturated heterocycles. The van der Waals surface area contributed by atoms with E-state index in [4.69, 9.17) is 9.47 Å². The van der Waals surface area contributed by atoms with E-state index in [0.29, 0.717) is 48.6 Å². The van der Waals surface area contributed by atoms with Crippen molar-refractivity contribution >= 4 is 17.5 Å². The highest BCUT2D eigenvalue weighted by Gasteiger charge is 2.15. The van der Waals surface area contributed by atoms with Crippen molar-refractivity contribution in [1.29, 1.82) is 0 Å². The lowest BCUT2D eigenvalue weighted by Crippen LogP contribution is -2.18. The van der Waals surface area contributed by atoms with Gasteiger partial charge in [0.1, 0.15) is 24.7 Å². The number of aryl methyl sites for hydroxylation is 1. The van der Waals surface area contributed by atoms with Crippen LogP contribution in [0.2, 0.25) is 0 Å². The van der Waals surface area contributed by atoms with Gasteiger partial charge in [0, 0.05) is 24.0 Å². The molecular formula is C21H19FN4O3. The van der Waals surface area contributed by atoms with Gasteiger partial charge >= 0.3 is 0 Å². The van der Waals surface area contributed by atoms with E-state index in [9.17, 15) is 9.18 Å².